The molecule has 0 aliphatic heterocycles. The van der Waals surface area contributed by atoms with Crippen molar-refractivity contribution >= 4 is 0 Å². The maximum absolute atomic E-state index is 8.93. The van der Waals surface area contributed by atoms with Crippen molar-refractivity contribution < 1.29 is 9.52 Å². The van der Waals surface area contributed by atoms with E-state index in [1.807, 2.05) is 6.07 Å². The molecule has 2 rings (SSSR count). The molecule has 0 spiro atoms. The third-order valence-electron chi connectivity index (χ3n) is 3.09. The van der Waals surface area contributed by atoms with Crippen LogP contribution in [0.25, 0.3) is 0 Å². The maximum Gasteiger partial charge on any atom is 0.129 e. The van der Waals surface area contributed by atoms with Crippen molar-refractivity contribution in [2.24, 2.45) is 5.92 Å². The minimum atomic E-state index is -0.0652. The molecule has 1 aliphatic rings. The summed E-state index contributed by atoms with van der Waals surface area (Å²) in [6, 6.07) is 6.25. The molecule has 1 saturated carbocycles. The predicted octanol–water partition coefficient (Wildman–Crippen LogP) is 1.55. The highest BCUT2D eigenvalue weighted by Crippen LogP contribution is 2.25. The first-order valence-electron chi connectivity index (χ1n) is 5.65. The average molecular weight is 220 g/mol. The van der Waals surface area contributed by atoms with Gasteiger partial charge in [0.05, 0.1) is 18.5 Å². The van der Waals surface area contributed by atoms with Gasteiger partial charge in [-0.25, -0.2) is 0 Å². The molecule has 4 heteroatoms. The third kappa shape index (κ3) is 2.43. The second kappa shape index (κ2) is 5.15. The SMILES string of the molecule is N#CC1CCCC1NCc1ccc(CO)o1. The number of hydrogen-bond donors (Lipinski definition) is 2. The highest BCUT2D eigenvalue weighted by atomic mass is 16.4. The lowest BCUT2D eigenvalue weighted by Crippen LogP contribution is -2.31. The van der Waals surface area contributed by atoms with Crippen molar-refractivity contribution in [3.8, 4) is 6.07 Å². The van der Waals surface area contributed by atoms with Crippen LogP contribution in [-0.2, 0) is 13.2 Å². The molecule has 16 heavy (non-hydrogen) atoms. The van der Waals surface area contributed by atoms with Gasteiger partial charge in [0.15, 0.2) is 0 Å². The Morgan fingerprint density at radius 2 is 2.25 bits per heavy atom. The Kier molecular flexibility index (Phi) is 3.60. The molecule has 2 atom stereocenters. The molecule has 0 amide bonds. The fourth-order valence-corrected chi connectivity index (χ4v) is 2.19. The van der Waals surface area contributed by atoms with E-state index < -0.39 is 0 Å². The van der Waals surface area contributed by atoms with Gasteiger partial charge in [-0.15, -0.1) is 0 Å². The standard InChI is InChI=1S/C12H16N2O2/c13-6-9-2-1-3-12(9)14-7-10-4-5-11(8-15)16-10/h4-5,9,12,14-15H,1-3,7-8H2. The molecule has 0 aromatic carbocycles. The summed E-state index contributed by atoms with van der Waals surface area (Å²) in [6.07, 6.45) is 3.18. The van der Waals surface area contributed by atoms with E-state index >= 15 is 0 Å². The quantitative estimate of drug-likeness (QED) is 0.807. The number of nitrogens with one attached hydrogen (secondary N) is 1. The van der Waals surface area contributed by atoms with Gasteiger partial charge in [-0.3, -0.25) is 0 Å². The van der Waals surface area contributed by atoms with Gasteiger partial charge in [0.2, 0.25) is 0 Å². The van der Waals surface area contributed by atoms with Gasteiger partial charge in [-0.2, -0.15) is 5.26 Å². The molecule has 1 aliphatic carbocycles. The summed E-state index contributed by atoms with van der Waals surface area (Å²) < 4.78 is 5.37. The first-order chi connectivity index (χ1) is 7.83. The second-order valence-electron chi connectivity index (χ2n) is 4.18. The summed E-state index contributed by atoms with van der Waals surface area (Å²) in [4.78, 5) is 0. The van der Waals surface area contributed by atoms with E-state index in [9.17, 15) is 0 Å². The van der Waals surface area contributed by atoms with Crippen molar-refractivity contribution in [1.29, 1.82) is 5.26 Å². The van der Waals surface area contributed by atoms with Gasteiger partial charge in [0.25, 0.3) is 0 Å². The Hall–Kier alpha value is -1.31. The lowest BCUT2D eigenvalue weighted by Gasteiger charge is -2.14. The number of aliphatic hydroxyl groups is 1. The Bertz CT molecular complexity index is 381. The monoisotopic (exact) mass is 220 g/mol. The van der Waals surface area contributed by atoms with E-state index in [1.54, 1.807) is 6.07 Å². The first kappa shape index (κ1) is 11.2. The van der Waals surface area contributed by atoms with E-state index in [1.165, 1.54) is 0 Å². The van der Waals surface area contributed by atoms with Crippen LogP contribution >= 0.6 is 0 Å². The van der Waals surface area contributed by atoms with Crippen LogP contribution in [0, 0.1) is 17.2 Å². The van der Waals surface area contributed by atoms with E-state index in [2.05, 4.69) is 11.4 Å². The molecule has 1 fully saturated rings. The summed E-state index contributed by atoms with van der Waals surface area (Å²) in [5.41, 5.74) is 0. The van der Waals surface area contributed by atoms with Gasteiger partial charge in [0.1, 0.15) is 18.1 Å². The predicted molar refractivity (Wildman–Crippen MR) is 58.2 cm³/mol. The second-order valence-corrected chi connectivity index (χ2v) is 4.18. The fourth-order valence-electron chi connectivity index (χ4n) is 2.19. The summed E-state index contributed by atoms with van der Waals surface area (Å²) in [7, 11) is 0. The van der Waals surface area contributed by atoms with Crippen LogP contribution in [0.3, 0.4) is 0 Å². The van der Waals surface area contributed by atoms with Crippen LogP contribution in [0.5, 0.6) is 0 Å². The summed E-state index contributed by atoms with van der Waals surface area (Å²) in [5.74, 6) is 1.53. The van der Waals surface area contributed by atoms with Crippen LogP contribution in [-0.4, -0.2) is 11.1 Å². The fraction of sp³-hybridized carbons (Fsp3) is 0.583. The first-order valence-corrected chi connectivity index (χ1v) is 5.65. The van der Waals surface area contributed by atoms with Crippen LogP contribution in [0.2, 0.25) is 0 Å². The Morgan fingerprint density at radius 3 is 2.94 bits per heavy atom. The van der Waals surface area contributed by atoms with Gasteiger partial charge in [-0.1, -0.05) is 6.42 Å². The minimum absolute atomic E-state index is 0.0652. The Morgan fingerprint density at radius 1 is 1.44 bits per heavy atom. The van der Waals surface area contributed by atoms with E-state index in [4.69, 9.17) is 14.8 Å². The van der Waals surface area contributed by atoms with Crippen molar-refractivity contribution in [1.82, 2.24) is 5.32 Å². The maximum atomic E-state index is 8.93. The molecule has 2 N–H and O–H groups in total. The molecular weight excluding hydrogens is 204 g/mol. The number of hydrogen-bond acceptors (Lipinski definition) is 4. The van der Waals surface area contributed by atoms with Gasteiger partial charge >= 0.3 is 0 Å². The van der Waals surface area contributed by atoms with Gasteiger partial charge < -0.3 is 14.8 Å². The van der Waals surface area contributed by atoms with Crippen LogP contribution in [0.4, 0.5) is 0 Å². The third-order valence-corrected chi connectivity index (χ3v) is 3.09. The lowest BCUT2D eigenvalue weighted by molar-refractivity contribution is 0.242. The van der Waals surface area contributed by atoms with Crippen molar-refractivity contribution in [3.63, 3.8) is 0 Å². The van der Waals surface area contributed by atoms with Crippen molar-refractivity contribution in [3.05, 3.63) is 23.7 Å². The molecular formula is C12H16N2O2. The van der Waals surface area contributed by atoms with E-state index in [-0.39, 0.29) is 18.6 Å². The van der Waals surface area contributed by atoms with Crippen molar-refractivity contribution in [2.45, 2.75) is 38.5 Å². The van der Waals surface area contributed by atoms with Gasteiger partial charge in [-0.05, 0) is 25.0 Å². The summed E-state index contributed by atoms with van der Waals surface area (Å²) >= 11 is 0. The molecule has 1 heterocycles. The number of aliphatic hydroxyl groups excluding tert-OH is 1. The number of nitrogens with zero attached hydrogens (tertiary/aromatic N) is 1. The Balaban J connectivity index is 1.85. The molecule has 1 aromatic rings. The highest BCUT2D eigenvalue weighted by molar-refractivity contribution is 5.07. The average Bonchev–Trinajstić information content (AvgIpc) is 2.94. The molecule has 86 valence electrons. The summed E-state index contributed by atoms with van der Waals surface area (Å²) in [6.45, 7) is 0.563. The zero-order valence-corrected chi connectivity index (χ0v) is 9.15. The van der Waals surface area contributed by atoms with Crippen LogP contribution in [0.1, 0.15) is 30.8 Å². The van der Waals surface area contributed by atoms with E-state index in [0.29, 0.717) is 12.3 Å². The lowest BCUT2D eigenvalue weighted by atomic mass is 10.1. The largest absolute Gasteiger partial charge is 0.462 e. The number of furan rings is 1. The van der Waals surface area contributed by atoms with Crippen LogP contribution in [0.15, 0.2) is 16.5 Å². The molecule has 4 nitrogen and oxygen atoms in total. The van der Waals surface area contributed by atoms with E-state index in [0.717, 1.165) is 25.0 Å². The number of nitriles is 1. The smallest absolute Gasteiger partial charge is 0.129 e. The zero-order valence-electron chi connectivity index (χ0n) is 9.15. The number of rotatable bonds is 4. The minimum Gasteiger partial charge on any atom is -0.462 e. The molecule has 0 bridgehead atoms. The molecule has 0 radical (unpaired) electrons. The van der Waals surface area contributed by atoms with Crippen molar-refractivity contribution in [2.75, 3.05) is 0 Å². The highest BCUT2D eigenvalue weighted by Gasteiger charge is 2.26. The molecule has 0 saturated heterocycles. The molecule has 1 aromatic heterocycles. The molecule has 2 unspecified atom stereocenters. The van der Waals surface area contributed by atoms with Gasteiger partial charge in [0, 0.05) is 6.04 Å². The summed E-state index contributed by atoms with van der Waals surface area (Å²) in [5, 5.41) is 21.1. The van der Waals surface area contributed by atoms with Crippen LogP contribution < -0.4 is 5.32 Å². The normalized spacial score (nSPS) is 24.5. The Labute approximate surface area is 94.9 Å². The topological polar surface area (TPSA) is 69.2 Å². The zero-order chi connectivity index (χ0) is 11.4.